The third-order valence-electron chi connectivity index (χ3n) is 2.08. The zero-order valence-electron chi connectivity index (χ0n) is 7.82. The molecule has 0 spiro atoms. The highest BCUT2D eigenvalue weighted by Crippen LogP contribution is 2.11. The molecule has 6 nitrogen and oxygen atoms in total. The maximum Gasteiger partial charge on any atom is 0.323 e. The van der Waals surface area contributed by atoms with Gasteiger partial charge in [0.05, 0.1) is 5.92 Å². The van der Waals surface area contributed by atoms with Gasteiger partial charge >= 0.3 is 5.97 Å². The molecule has 0 aromatic carbocycles. The monoisotopic (exact) mass is 200 g/mol. The topological polar surface area (TPSA) is 86.7 Å². The van der Waals surface area contributed by atoms with E-state index in [1.165, 1.54) is 7.05 Å². The smallest absolute Gasteiger partial charge is 0.323 e. The van der Waals surface area contributed by atoms with E-state index in [9.17, 15) is 14.4 Å². The Morgan fingerprint density at radius 3 is 2.71 bits per heavy atom. The summed E-state index contributed by atoms with van der Waals surface area (Å²) in [5.41, 5.74) is 0. The van der Waals surface area contributed by atoms with E-state index in [1.807, 2.05) is 0 Å². The van der Waals surface area contributed by atoms with E-state index in [2.05, 4.69) is 5.32 Å². The van der Waals surface area contributed by atoms with Gasteiger partial charge < -0.3 is 15.3 Å². The molecule has 1 heterocycles. The lowest BCUT2D eigenvalue weighted by atomic mass is 10.1. The van der Waals surface area contributed by atoms with Gasteiger partial charge in [-0.2, -0.15) is 0 Å². The number of nitrogens with zero attached hydrogens (tertiary/aromatic N) is 1. The van der Waals surface area contributed by atoms with Crippen molar-refractivity contribution in [1.82, 2.24) is 10.2 Å². The number of rotatable bonds is 3. The molecule has 1 aliphatic rings. The number of hydrogen-bond acceptors (Lipinski definition) is 3. The minimum Gasteiger partial charge on any atom is -0.480 e. The lowest BCUT2D eigenvalue weighted by Gasteiger charge is -2.17. The van der Waals surface area contributed by atoms with Crippen LogP contribution in [0.2, 0.25) is 0 Å². The normalized spacial score (nSPS) is 20.4. The van der Waals surface area contributed by atoms with Gasteiger partial charge in [-0.25, -0.2) is 0 Å². The van der Waals surface area contributed by atoms with Gasteiger partial charge in [0, 0.05) is 20.0 Å². The van der Waals surface area contributed by atoms with Crippen molar-refractivity contribution in [2.45, 2.75) is 6.42 Å². The van der Waals surface area contributed by atoms with Crippen molar-refractivity contribution >= 4 is 17.8 Å². The molecule has 1 unspecified atom stereocenters. The summed E-state index contributed by atoms with van der Waals surface area (Å²) in [4.78, 5) is 33.7. The Labute approximate surface area is 80.9 Å². The van der Waals surface area contributed by atoms with Crippen molar-refractivity contribution in [3.05, 3.63) is 0 Å². The van der Waals surface area contributed by atoms with E-state index >= 15 is 0 Å². The number of carboxylic acid groups (broad SMARTS) is 1. The molecule has 78 valence electrons. The average molecular weight is 200 g/mol. The predicted molar refractivity (Wildman–Crippen MR) is 46.4 cm³/mol. The molecule has 0 aliphatic carbocycles. The summed E-state index contributed by atoms with van der Waals surface area (Å²) in [5.74, 6) is -1.93. The van der Waals surface area contributed by atoms with Crippen LogP contribution in [-0.2, 0) is 14.4 Å². The first-order valence-corrected chi connectivity index (χ1v) is 4.24. The molecular formula is C8H12N2O4. The Kier molecular flexibility index (Phi) is 3.06. The highest BCUT2D eigenvalue weighted by Gasteiger charge is 2.30. The summed E-state index contributed by atoms with van der Waals surface area (Å²) >= 11 is 0. The standard InChI is InChI=1S/C8H12N2O4/c1-10(4-7(12)13)8(14)5-2-6(11)9-3-5/h5H,2-4H2,1H3,(H,9,11)(H,12,13). The molecule has 1 rings (SSSR count). The van der Waals surface area contributed by atoms with Crippen LogP contribution >= 0.6 is 0 Å². The molecule has 0 bridgehead atoms. The molecule has 1 saturated heterocycles. The minimum absolute atomic E-state index is 0.156. The molecular weight excluding hydrogens is 188 g/mol. The van der Waals surface area contributed by atoms with Crippen LogP contribution in [0.3, 0.4) is 0 Å². The van der Waals surface area contributed by atoms with Gasteiger partial charge in [0.25, 0.3) is 0 Å². The number of nitrogens with one attached hydrogen (secondary N) is 1. The van der Waals surface area contributed by atoms with Crippen molar-refractivity contribution in [3.63, 3.8) is 0 Å². The number of carbonyl (C=O) groups excluding carboxylic acids is 2. The lowest BCUT2D eigenvalue weighted by molar-refractivity contribution is -0.145. The predicted octanol–water partition coefficient (Wildman–Crippen LogP) is -1.33. The van der Waals surface area contributed by atoms with Gasteiger partial charge in [0.1, 0.15) is 6.54 Å². The van der Waals surface area contributed by atoms with Gasteiger partial charge in [-0.1, -0.05) is 0 Å². The Morgan fingerprint density at radius 2 is 2.29 bits per heavy atom. The Bertz CT molecular complexity index is 277. The van der Waals surface area contributed by atoms with Crippen molar-refractivity contribution in [2.24, 2.45) is 5.92 Å². The van der Waals surface area contributed by atoms with Crippen molar-refractivity contribution in [3.8, 4) is 0 Å². The fraction of sp³-hybridized carbons (Fsp3) is 0.625. The molecule has 1 atom stereocenters. The third kappa shape index (κ3) is 2.45. The van der Waals surface area contributed by atoms with Gasteiger partial charge in [0.2, 0.25) is 11.8 Å². The van der Waals surface area contributed by atoms with Crippen molar-refractivity contribution in [2.75, 3.05) is 20.1 Å². The van der Waals surface area contributed by atoms with Crippen LogP contribution in [0.5, 0.6) is 0 Å². The molecule has 1 fully saturated rings. The molecule has 0 saturated carbocycles. The fourth-order valence-corrected chi connectivity index (χ4v) is 1.37. The number of carboxylic acids is 1. The van der Waals surface area contributed by atoms with E-state index in [0.717, 1.165) is 4.90 Å². The Hall–Kier alpha value is -1.59. The molecule has 0 radical (unpaired) electrons. The van der Waals surface area contributed by atoms with E-state index in [1.54, 1.807) is 0 Å². The maximum atomic E-state index is 11.5. The lowest BCUT2D eigenvalue weighted by Crippen LogP contribution is -2.37. The molecule has 2 N–H and O–H groups in total. The average Bonchev–Trinajstić information content (AvgIpc) is 2.49. The molecule has 14 heavy (non-hydrogen) atoms. The minimum atomic E-state index is -1.06. The van der Waals surface area contributed by atoms with Crippen LogP contribution in [0.25, 0.3) is 0 Å². The van der Waals surface area contributed by atoms with Gasteiger partial charge in [-0.15, -0.1) is 0 Å². The quantitative estimate of drug-likeness (QED) is 0.590. The summed E-state index contributed by atoms with van der Waals surface area (Å²) < 4.78 is 0. The van der Waals surface area contributed by atoms with Gasteiger partial charge in [-0.05, 0) is 0 Å². The number of hydrogen-bond donors (Lipinski definition) is 2. The third-order valence-corrected chi connectivity index (χ3v) is 2.08. The van der Waals surface area contributed by atoms with E-state index in [0.29, 0.717) is 6.54 Å². The van der Waals surface area contributed by atoms with Crippen molar-refractivity contribution in [1.29, 1.82) is 0 Å². The van der Waals surface area contributed by atoms with Gasteiger partial charge in [0.15, 0.2) is 0 Å². The molecule has 0 aromatic rings. The highest BCUT2D eigenvalue weighted by molar-refractivity contribution is 5.90. The SMILES string of the molecule is CN(CC(=O)O)C(=O)C1CNC(=O)C1. The first-order chi connectivity index (χ1) is 6.50. The molecule has 2 amide bonds. The first-order valence-electron chi connectivity index (χ1n) is 4.24. The largest absolute Gasteiger partial charge is 0.480 e. The molecule has 1 aliphatic heterocycles. The van der Waals surface area contributed by atoms with Crippen molar-refractivity contribution < 1.29 is 19.5 Å². The summed E-state index contributed by atoms with van der Waals surface area (Å²) in [5, 5.41) is 11.0. The summed E-state index contributed by atoms with van der Waals surface area (Å²) in [6.45, 7) is -0.0227. The summed E-state index contributed by atoms with van der Waals surface area (Å²) in [6.07, 6.45) is 0.156. The highest BCUT2D eigenvalue weighted by atomic mass is 16.4. The van der Waals surface area contributed by atoms with E-state index < -0.39 is 11.9 Å². The van der Waals surface area contributed by atoms with Crippen LogP contribution in [0.15, 0.2) is 0 Å². The van der Waals surface area contributed by atoms with E-state index in [-0.39, 0.29) is 24.8 Å². The Balaban J connectivity index is 2.48. The first kappa shape index (κ1) is 10.5. The second kappa shape index (κ2) is 4.08. The van der Waals surface area contributed by atoms with Crippen LogP contribution < -0.4 is 5.32 Å². The van der Waals surface area contributed by atoms with Crippen LogP contribution in [0.4, 0.5) is 0 Å². The fourth-order valence-electron chi connectivity index (χ4n) is 1.37. The zero-order valence-corrected chi connectivity index (χ0v) is 7.82. The zero-order chi connectivity index (χ0) is 10.7. The van der Waals surface area contributed by atoms with Gasteiger partial charge in [-0.3, -0.25) is 14.4 Å². The number of carbonyl (C=O) groups is 3. The summed E-state index contributed by atoms with van der Waals surface area (Å²) in [7, 11) is 1.42. The summed E-state index contributed by atoms with van der Waals surface area (Å²) in [6, 6.07) is 0. The van der Waals surface area contributed by atoms with E-state index in [4.69, 9.17) is 5.11 Å². The van der Waals surface area contributed by atoms with Crippen LogP contribution in [0.1, 0.15) is 6.42 Å². The maximum absolute atomic E-state index is 11.5. The Morgan fingerprint density at radius 1 is 1.64 bits per heavy atom. The number of likely N-dealkylation sites (N-methyl/N-ethyl adjacent to an activating group) is 1. The molecule has 6 heteroatoms. The second-order valence-corrected chi connectivity index (χ2v) is 3.29. The van der Waals surface area contributed by atoms with Crippen LogP contribution in [-0.4, -0.2) is 47.9 Å². The van der Waals surface area contributed by atoms with Crippen LogP contribution in [0, 0.1) is 5.92 Å². The molecule has 0 aromatic heterocycles. The second-order valence-electron chi connectivity index (χ2n) is 3.29. The number of aliphatic carboxylic acids is 1. The number of amides is 2.